The molecule has 2 rings (SSSR count). The standard InChI is InChI=1S/C15H10ClF3O2/c16-11-5-3-6-12(8-11)21-9-10-4-1-2-7-13(10)14(20)15(17,18)19/h1-8H,9H2. The fraction of sp³-hybridized carbons (Fsp3) is 0.133. The van der Waals surface area contributed by atoms with E-state index >= 15 is 0 Å². The molecular formula is C15H10ClF3O2. The van der Waals surface area contributed by atoms with Gasteiger partial charge in [0, 0.05) is 16.1 Å². The van der Waals surface area contributed by atoms with E-state index in [0.717, 1.165) is 6.07 Å². The molecule has 0 N–H and O–H groups in total. The third-order valence-corrected chi connectivity index (χ3v) is 2.94. The number of ketones is 1. The Morgan fingerprint density at radius 3 is 2.48 bits per heavy atom. The zero-order valence-corrected chi connectivity index (χ0v) is 11.4. The lowest BCUT2D eigenvalue weighted by Gasteiger charge is -2.12. The van der Waals surface area contributed by atoms with Crippen LogP contribution >= 0.6 is 11.6 Å². The summed E-state index contributed by atoms with van der Waals surface area (Å²) in [4.78, 5) is 11.4. The van der Waals surface area contributed by atoms with Crippen LogP contribution < -0.4 is 4.74 Å². The van der Waals surface area contributed by atoms with Crippen molar-refractivity contribution in [3.8, 4) is 5.75 Å². The van der Waals surface area contributed by atoms with E-state index in [9.17, 15) is 18.0 Å². The van der Waals surface area contributed by atoms with Crippen LogP contribution in [0.2, 0.25) is 5.02 Å². The number of hydrogen-bond acceptors (Lipinski definition) is 2. The van der Waals surface area contributed by atoms with Crippen molar-refractivity contribution in [1.82, 2.24) is 0 Å². The van der Waals surface area contributed by atoms with E-state index in [1.165, 1.54) is 18.2 Å². The summed E-state index contributed by atoms with van der Waals surface area (Å²) < 4.78 is 42.9. The first-order chi connectivity index (χ1) is 9.88. The fourth-order valence-electron chi connectivity index (χ4n) is 1.74. The van der Waals surface area contributed by atoms with Gasteiger partial charge in [-0.05, 0) is 18.2 Å². The zero-order chi connectivity index (χ0) is 15.5. The van der Waals surface area contributed by atoms with Crippen LogP contribution in [0.4, 0.5) is 13.2 Å². The number of carbonyl (C=O) groups is 1. The largest absolute Gasteiger partial charge is 0.489 e. The molecule has 0 amide bonds. The first kappa shape index (κ1) is 15.4. The van der Waals surface area contributed by atoms with Crippen LogP contribution in [-0.2, 0) is 6.61 Å². The van der Waals surface area contributed by atoms with Crippen molar-refractivity contribution in [1.29, 1.82) is 0 Å². The summed E-state index contributed by atoms with van der Waals surface area (Å²) in [7, 11) is 0. The Balaban J connectivity index is 2.19. The molecule has 0 bridgehead atoms. The Labute approximate surface area is 124 Å². The van der Waals surface area contributed by atoms with Gasteiger partial charge in [0.1, 0.15) is 12.4 Å². The molecule has 2 aromatic carbocycles. The van der Waals surface area contributed by atoms with E-state index in [1.54, 1.807) is 24.3 Å². The molecule has 0 aliphatic heterocycles. The van der Waals surface area contributed by atoms with Gasteiger partial charge in [0.2, 0.25) is 0 Å². The summed E-state index contributed by atoms with van der Waals surface area (Å²) >= 11 is 5.79. The van der Waals surface area contributed by atoms with Crippen LogP contribution in [0.25, 0.3) is 0 Å². The molecule has 0 spiro atoms. The molecule has 21 heavy (non-hydrogen) atoms. The highest BCUT2D eigenvalue weighted by atomic mass is 35.5. The van der Waals surface area contributed by atoms with Crippen LogP contribution in [0.1, 0.15) is 15.9 Å². The second-order valence-electron chi connectivity index (χ2n) is 4.23. The predicted molar refractivity (Wildman–Crippen MR) is 72.6 cm³/mol. The molecule has 0 aliphatic rings. The molecule has 0 aromatic heterocycles. The lowest BCUT2D eigenvalue weighted by molar-refractivity contribution is -0.0886. The highest BCUT2D eigenvalue weighted by molar-refractivity contribution is 6.30. The maximum atomic E-state index is 12.5. The number of benzene rings is 2. The zero-order valence-electron chi connectivity index (χ0n) is 10.7. The van der Waals surface area contributed by atoms with Crippen molar-refractivity contribution in [2.45, 2.75) is 12.8 Å². The lowest BCUT2D eigenvalue weighted by atomic mass is 10.0. The molecular weight excluding hydrogens is 305 g/mol. The Morgan fingerprint density at radius 1 is 1.10 bits per heavy atom. The summed E-state index contributed by atoms with van der Waals surface area (Å²) in [6.07, 6.45) is -4.91. The van der Waals surface area contributed by atoms with Gasteiger partial charge in [0.05, 0.1) is 0 Å². The molecule has 6 heteroatoms. The number of ether oxygens (including phenoxy) is 1. The molecule has 0 saturated heterocycles. The van der Waals surface area contributed by atoms with Crippen molar-refractivity contribution in [3.05, 3.63) is 64.7 Å². The van der Waals surface area contributed by atoms with Gasteiger partial charge in [-0.2, -0.15) is 13.2 Å². The average Bonchev–Trinajstić information content (AvgIpc) is 2.44. The van der Waals surface area contributed by atoms with Gasteiger partial charge in [0.25, 0.3) is 5.78 Å². The predicted octanol–water partition coefficient (Wildman–Crippen LogP) is 4.66. The summed E-state index contributed by atoms with van der Waals surface area (Å²) in [5, 5.41) is 0.451. The monoisotopic (exact) mass is 314 g/mol. The quantitative estimate of drug-likeness (QED) is 0.767. The summed E-state index contributed by atoms with van der Waals surface area (Å²) in [5.74, 6) is -1.47. The Kier molecular flexibility index (Phi) is 4.53. The molecule has 0 saturated carbocycles. The maximum Gasteiger partial charge on any atom is 0.454 e. The van der Waals surface area contributed by atoms with Crippen molar-refractivity contribution in [2.75, 3.05) is 0 Å². The first-order valence-corrected chi connectivity index (χ1v) is 6.33. The second-order valence-corrected chi connectivity index (χ2v) is 4.67. The van der Waals surface area contributed by atoms with E-state index in [0.29, 0.717) is 10.8 Å². The van der Waals surface area contributed by atoms with Gasteiger partial charge >= 0.3 is 6.18 Å². The summed E-state index contributed by atoms with van der Waals surface area (Å²) in [6, 6.07) is 11.9. The molecule has 110 valence electrons. The SMILES string of the molecule is O=C(c1ccccc1COc1cccc(Cl)c1)C(F)(F)F. The van der Waals surface area contributed by atoms with Gasteiger partial charge < -0.3 is 4.74 Å². The van der Waals surface area contributed by atoms with Crippen LogP contribution in [0.15, 0.2) is 48.5 Å². The molecule has 0 radical (unpaired) electrons. The number of hydrogen-bond donors (Lipinski definition) is 0. The van der Waals surface area contributed by atoms with Crippen LogP contribution in [-0.4, -0.2) is 12.0 Å². The minimum Gasteiger partial charge on any atom is -0.489 e. The van der Waals surface area contributed by atoms with Gasteiger partial charge in [-0.15, -0.1) is 0 Å². The Hall–Kier alpha value is -2.01. The number of carbonyl (C=O) groups excluding carboxylic acids is 1. The first-order valence-electron chi connectivity index (χ1n) is 5.96. The van der Waals surface area contributed by atoms with Crippen molar-refractivity contribution in [3.63, 3.8) is 0 Å². The summed E-state index contributed by atoms with van der Waals surface area (Å²) in [6.45, 7) is -0.154. The number of rotatable bonds is 4. The van der Waals surface area contributed by atoms with E-state index in [1.807, 2.05) is 0 Å². The Bertz CT molecular complexity index is 653. The van der Waals surface area contributed by atoms with Crippen LogP contribution in [0.5, 0.6) is 5.75 Å². The van der Waals surface area contributed by atoms with Gasteiger partial charge in [-0.3, -0.25) is 4.79 Å². The average molecular weight is 315 g/mol. The van der Waals surface area contributed by atoms with Crippen molar-refractivity contribution >= 4 is 17.4 Å². The smallest absolute Gasteiger partial charge is 0.454 e. The van der Waals surface area contributed by atoms with E-state index in [2.05, 4.69) is 0 Å². The minimum atomic E-state index is -4.91. The van der Waals surface area contributed by atoms with Crippen molar-refractivity contribution < 1.29 is 22.7 Å². The van der Waals surface area contributed by atoms with Gasteiger partial charge in [-0.1, -0.05) is 41.9 Å². The molecule has 0 atom stereocenters. The summed E-state index contributed by atoms with van der Waals surface area (Å²) in [5.41, 5.74) is -0.244. The second kappa shape index (κ2) is 6.18. The topological polar surface area (TPSA) is 26.3 Å². The van der Waals surface area contributed by atoms with Crippen molar-refractivity contribution in [2.24, 2.45) is 0 Å². The maximum absolute atomic E-state index is 12.5. The van der Waals surface area contributed by atoms with Crippen LogP contribution in [0.3, 0.4) is 0 Å². The molecule has 0 fully saturated rings. The van der Waals surface area contributed by atoms with E-state index in [4.69, 9.17) is 16.3 Å². The molecule has 0 heterocycles. The highest BCUT2D eigenvalue weighted by Gasteiger charge is 2.40. The highest BCUT2D eigenvalue weighted by Crippen LogP contribution is 2.25. The minimum absolute atomic E-state index is 0.154. The fourth-order valence-corrected chi connectivity index (χ4v) is 1.92. The van der Waals surface area contributed by atoms with Crippen LogP contribution in [0, 0.1) is 0 Å². The third kappa shape index (κ3) is 3.98. The lowest BCUT2D eigenvalue weighted by Crippen LogP contribution is -2.24. The number of Topliss-reactive ketones (excluding diaryl/α,β-unsaturated/α-hetero) is 1. The van der Waals surface area contributed by atoms with Gasteiger partial charge in [0.15, 0.2) is 0 Å². The Morgan fingerprint density at radius 2 is 1.81 bits per heavy atom. The van der Waals surface area contributed by atoms with Gasteiger partial charge in [-0.25, -0.2) is 0 Å². The molecule has 2 nitrogen and oxygen atoms in total. The molecule has 0 unspecified atom stereocenters. The number of halogens is 4. The normalized spacial score (nSPS) is 11.2. The van der Waals surface area contributed by atoms with E-state index < -0.39 is 17.5 Å². The third-order valence-electron chi connectivity index (χ3n) is 2.71. The number of alkyl halides is 3. The van der Waals surface area contributed by atoms with E-state index in [-0.39, 0.29) is 12.2 Å². The molecule has 0 aliphatic carbocycles. The molecule has 2 aromatic rings.